The van der Waals surface area contributed by atoms with Crippen molar-refractivity contribution in [3.8, 4) is 17.0 Å². The summed E-state index contributed by atoms with van der Waals surface area (Å²) in [6.45, 7) is 12.6. The first-order chi connectivity index (χ1) is 20.5. The second-order valence-corrected chi connectivity index (χ2v) is 13.6. The number of nitrogens with one attached hydrogen (secondary N) is 2. The summed E-state index contributed by atoms with van der Waals surface area (Å²) in [5, 5.41) is 14.2. The maximum atomic E-state index is 15.2. The molecule has 14 heteroatoms. The number of piperidine rings is 1. The monoisotopic (exact) mass is 609 g/mol. The van der Waals surface area contributed by atoms with Crippen LogP contribution in [-0.2, 0) is 4.74 Å². The van der Waals surface area contributed by atoms with Crippen molar-refractivity contribution in [1.29, 1.82) is 0 Å². The van der Waals surface area contributed by atoms with Crippen LogP contribution in [0.1, 0.15) is 47.5 Å². The summed E-state index contributed by atoms with van der Waals surface area (Å²) in [6, 6.07) is 5.06. The molecule has 2 aliphatic rings. The van der Waals surface area contributed by atoms with Gasteiger partial charge in [0.15, 0.2) is 5.75 Å². The Morgan fingerprint density at radius 3 is 2.74 bits per heavy atom. The fraction of sp³-hybridized carbons (Fsp3) is 0.483. The van der Waals surface area contributed by atoms with Crippen LogP contribution >= 0.6 is 11.9 Å². The lowest BCUT2D eigenvalue weighted by molar-refractivity contribution is -0.0264. The molecule has 0 aliphatic carbocycles. The van der Waals surface area contributed by atoms with Crippen LogP contribution in [0.5, 0.6) is 5.75 Å². The van der Waals surface area contributed by atoms with E-state index in [9.17, 15) is 4.79 Å². The number of likely N-dealkylation sites (tertiary alicyclic amines) is 1. The Balaban J connectivity index is 1.11. The molecule has 3 aromatic heterocycles. The van der Waals surface area contributed by atoms with E-state index in [1.165, 1.54) is 28.9 Å². The number of carbonyl (C=O) groups excluding carboxylic acids is 1. The lowest BCUT2D eigenvalue weighted by atomic mass is 9.75. The van der Waals surface area contributed by atoms with Crippen LogP contribution in [0.3, 0.4) is 0 Å². The van der Waals surface area contributed by atoms with E-state index in [1.807, 2.05) is 45.6 Å². The van der Waals surface area contributed by atoms with Crippen molar-refractivity contribution in [2.45, 2.75) is 64.1 Å². The normalized spacial score (nSPS) is 17.0. The molecule has 2 aliphatic heterocycles. The zero-order valence-corrected chi connectivity index (χ0v) is 25.7. The third-order valence-electron chi connectivity index (χ3n) is 7.23. The van der Waals surface area contributed by atoms with Crippen molar-refractivity contribution in [2.24, 2.45) is 5.41 Å². The first-order valence-electron chi connectivity index (χ1n) is 14.4. The highest BCUT2D eigenvalue weighted by Gasteiger charge is 2.47. The molecular weight excluding hydrogens is 573 g/mol. The maximum Gasteiger partial charge on any atom is 0.410 e. The zero-order valence-electron chi connectivity index (χ0n) is 24.9. The van der Waals surface area contributed by atoms with Gasteiger partial charge in [0.25, 0.3) is 0 Å². The first kappa shape index (κ1) is 29.2. The van der Waals surface area contributed by atoms with Crippen molar-refractivity contribution >= 4 is 35.3 Å². The third kappa shape index (κ3) is 6.39. The number of hydrogen-bond donors (Lipinski definition) is 2. The number of hydrogen-bond acceptors (Lipinski definition) is 10. The van der Waals surface area contributed by atoms with E-state index < -0.39 is 11.4 Å². The van der Waals surface area contributed by atoms with Crippen LogP contribution in [0.15, 0.2) is 41.8 Å². The second-order valence-electron chi connectivity index (χ2n) is 12.4. The van der Waals surface area contributed by atoms with Crippen LogP contribution < -0.4 is 10.1 Å². The number of benzene rings is 1. The first-order valence-corrected chi connectivity index (χ1v) is 15.1. The Labute approximate surface area is 253 Å². The number of nitrogens with zero attached hydrogens (tertiary/aromatic N) is 7. The predicted molar refractivity (Wildman–Crippen MR) is 161 cm³/mol. The summed E-state index contributed by atoms with van der Waals surface area (Å²) in [4.78, 5) is 24.3. The summed E-state index contributed by atoms with van der Waals surface area (Å²) in [7, 11) is 0. The van der Waals surface area contributed by atoms with Gasteiger partial charge in [-0.05, 0) is 77.6 Å². The Morgan fingerprint density at radius 2 is 2.05 bits per heavy atom. The Kier molecular flexibility index (Phi) is 7.67. The summed E-state index contributed by atoms with van der Waals surface area (Å²) >= 11 is 1.52. The number of rotatable bonds is 7. The van der Waals surface area contributed by atoms with Crippen LogP contribution in [-0.4, -0.2) is 83.0 Å². The van der Waals surface area contributed by atoms with Gasteiger partial charge in [0, 0.05) is 48.2 Å². The van der Waals surface area contributed by atoms with Gasteiger partial charge in [-0.15, -0.1) is 5.10 Å². The molecule has 1 aromatic carbocycles. The SMILES string of the molecule is CC(C)Oc1c(-c2cn[nH]c2)ncn2nc(Nc3ccc(SN4CC5(CCCN(C(=O)OC(C)(C)C)C5)C4)cc3F)nc12. The number of halogens is 1. The Bertz CT molecular complexity index is 1610. The molecule has 0 saturated carbocycles. The van der Waals surface area contributed by atoms with E-state index in [4.69, 9.17) is 9.47 Å². The Morgan fingerprint density at radius 1 is 1.23 bits per heavy atom. The standard InChI is InChI=1S/C29H36FN9O3S/c1-18(2)41-24-23(19-12-32-33-13-19)31-17-39-25(24)35-26(36-39)34-22-8-7-20(11-21(22)30)43-38-15-29(16-38)9-6-10-37(14-29)27(40)42-28(3,4)5/h7-8,11-13,17-18H,6,9-10,14-16H2,1-5H3,(H,32,33)(H,34,36). The summed E-state index contributed by atoms with van der Waals surface area (Å²) in [5.74, 6) is 0.269. The van der Waals surface area contributed by atoms with E-state index in [0.29, 0.717) is 23.6 Å². The van der Waals surface area contributed by atoms with Crippen molar-refractivity contribution in [2.75, 3.05) is 31.5 Å². The van der Waals surface area contributed by atoms with Gasteiger partial charge >= 0.3 is 6.09 Å². The maximum absolute atomic E-state index is 15.2. The zero-order chi connectivity index (χ0) is 30.4. The van der Waals surface area contributed by atoms with E-state index >= 15 is 4.39 Å². The van der Waals surface area contributed by atoms with Crippen molar-refractivity contribution in [1.82, 2.24) is 39.0 Å². The molecule has 0 unspecified atom stereocenters. The van der Waals surface area contributed by atoms with Crippen molar-refractivity contribution < 1.29 is 18.7 Å². The lowest BCUT2D eigenvalue weighted by Crippen LogP contribution is -2.61. The molecule has 2 N–H and O–H groups in total. The quantitative estimate of drug-likeness (QED) is 0.259. The second kappa shape index (κ2) is 11.3. The summed E-state index contributed by atoms with van der Waals surface area (Å²) in [6.07, 6.45) is 6.57. The molecule has 5 heterocycles. The van der Waals surface area contributed by atoms with E-state index in [1.54, 1.807) is 18.5 Å². The van der Waals surface area contributed by atoms with Crippen LogP contribution in [0.4, 0.5) is 20.8 Å². The molecule has 0 radical (unpaired) electrons. The molecule has 12 nitrogen and oxygen atoms in total. The minimum Gasteiger partial charge on any atom is -0.485 e. The minimum absolute atomic E-state index is 0.0570. The predicted octanol–water partition coefficient (Wildman–Crippen LogP) is 5.52. The molecule has 0 atom stereocenters. The Hall–Kier alpha value is -3.91. The average Bonchev–Trinajstić information content (AvgIpc) is 3.59. The fourth-order valence-corrected chi connectivity index (χ4v) is 6.72. The highest BCUT2D eigenvalue weighted by atomic mass is 32.2. The van der Waals surface area contributed by atoms with Crippen LogP contribution in [0, 0.1) is 11.2 Å². The van der Waals surface area contributed by atoms with Crippen LogP contribution in [0.25, 0.3) is 16.9 Å². The van der Waals surface area contributed by atoms with Crippen molar-refractivity contribution in [3.05, 3.63) is 42.7 Å². The van der Waals surface area contributed by atoms with Crippen LogP contribution in [0.2, 0.25) is 0 Å². The molecule has 1 amide bonds. The number of amides is 1. The molecule has 6 rings (SSSR count). The number of aromatic amines is 1. The molecule has 2 saturated heterocycles. The smallest absolute Gasteiger partial charge is 0.410 e. The van der Waals surface area contributed by atoms with Gasteiger partial charge in [0.05, 0.1) is 18.0 Å². The van der Waals surface area contributed by atoms with E-state index in [2.05, 4.69) is 34.9 Å². The molecule has 0 bridgehead atoms. The number of H-pyrrole nitrogens is 1. The van der Waals surface area contributed by atoms with Gasteiger partial charge in [0.1, 0.15) is 23.4 Å². The molecule has 228 valence electrons. The van der Waals surface area contributed by atoms with Gasteiger partial charge in [-0.2, -0.15) is 14.6 Å². The van der Waals surface area contributed by atoms with E-state index in [0.717, 1.165) is 42.9 Å². The van der Waals surface area contributed by atoms with E-state index in [-0.39, 0.29) is 29.2 Å². The number of aromatic nitrogens is 6. The number of anilines is 2. The summed E-state index contributed by atoms with van der Waals surface area (Å²) in [5.41, 5.74) is 1.60. The van der Waals surface area contributed by atoms with Gasteiger partial charge in [0.2, 0.25) is 11.6 Å². The van der Waals surface area contributed by atoms with Crippen molar-refractivity contribution in [3.63, 3.8) is 0 Å². The third-order valence-corrected chi connectivity index (χ3v) is 8.21. The molecule has 4 aromatic rings. The largest absolute Gasteiger partial charge is 0.485 e. The number of fused-ring (bicyclic) bond motifs is 1. The topological polar surface area (TPSA) is 126 Å². The van der Waals surface area contributed by atoms with Gasteiger partial charge in [-0.25, -0.2) is 18.5 Å². The number of ether oxygens (including phenoxy) is 2. The highest BCUT2D eigenvalue weighted by molar-refractivity contribution is 7.97. The summed E-state index contributed by atoms with van der Waals surface area (Å²) < 4.78 is 30.6. The van der Waals surface area contributed by atoms with Gasteiger partial charge in [-0.1, -0.05) is 0 Å². The van der Waals surface area contributed by atoms with Gasteiger partial charge in [-0.3, -0.25) is 5.10 Å². The molecule has 2 fully saturated rings. The minimum atomic E-state index is -0.512. The highest BCUT2D eigenvalue weighted by Crippen LogP contribution is 2.44. The molecule has 43 heavy (non-hydrogen) atoms. The number of carbonyl (C=O) groups is 1. The average molecular weight is 610 g/mol. The molecule has 1 spiro atoms. The fourth-order valence-electron chi connectivity index (χ4n) is 5.46. The lowest BCUT2D eigenvalue weighted by Gasteiger charge is -2.53. The molecular formula is C29H36FN9O3S. The van der Waals surface area contributed by atoms with Gasteiger partial charge < -0.3 is 19.7 Å².